The van der Waals surface area contributed by atoms with Gasteiger partial charge in [0, 0.05) is 44.3 Å². The maximum atomic E-state index is 5.34. The topological polar surface area (TPSA) is 40.1 Å². The van der Waals surface area contributed by atoms with Crippen LogP contribution in [-0.4, -0.2) is 62.1 Å². The predicted octanol–water partition coefficient (Wildman–Crippen LogP) is 4.66. The molecule has 0 saturated carbocycles. The molecule has 0 bridgehead atoms. The van der Waals surface area contributed by atoms with Gasteiger partial charge in [0.25, 0.3) is 0 Å². The molecular weight excluding hydrogens is 368 g/mol. The van der Waals surface area contributed by atoms with E-state index in [9.17, 15) is 0 Å². The van der Waals surface area contributed by atoms with Gasteiger partial charge in [-0.2, -0.15) is 0 Å². The zero-order valence-corrected chi connectivity index (χ0v) is 18.1. The molecule has 6 heteroatoms. The smallest absolute Gasteiger partial charge is 0.139 e. The van der Waals surface area contributed by atoms with Gasteiger partial charge >= 0.3 is 0 Å². The van der Waals surface area contributed by atoms with Crippen molar-refractivity contribution in [1.29, 1.82) is 0 Å². The lowest BCUT2D eigenvalue weighted by atomic mass is 10.1. The Kier molecular flexibility index (Phi) is 5.71. The largest absolute Gasteiger partial charge is 0.385 e. The molecule has 1 N–H and O–H groups in total. The fourth-order valence-electron chi connectivity index (χ4n) is 3.87. The first kappa shape index (κ1) is 19.4. The van der Waals surface area contributed by atoms with E-state index in [1.54, 1.807) is 7.11 Å². The third kappa shape index (κ3) is 3.81. The molecule has 1 aromatic heterocycles. The van der Waals surface area contributed by atoms with Crippen LogP contribution < -0.4 is 5.32 Å². The number of nitrogens with zero attached hydrogens (tertiary/aromatic N) is 3. The van der Waals surface area contributed by atoms with E-state index in [2.05, 4.69) is 66.3 Å². The molecule has 5 nitrogen and oxygen atoms in total. The maximum Gasteiger partial charge on any atom is 0.139 e. The molecule has 150 valence electrons. The fraction of sp³-hybridized carbons (Fsp3) is 0.500. The van der Waals surface area contributed by atoms with Crippen molar-refractivity contribution in [3.05, 3.63) is 40.8 Å². The van der Waals surface area contributed by atoms with Crippen molar-refractivity contribution in [2.45, 2.75) is 32.2 Å². The highest BCUT2D eigenvalue weighted by Crippen LogP contribution is 2.41. The van der Waals surface area contributed by atoms with Gasteiger partial charge in [0.15, 0.2) is 0 Å². The van der Waals surface area contributed by atoms with Crippen LogP contribution in [0.15, 0.2) is 35.3 Å². The predicted molar refractivity (Wildman–Crippen MR) is 119 cm³/mol. The van der Waals surface area contributed by atoms with E-state index in [4.69, 9.17) is 9.73 Å². The molecule has 1 atom stereocenters. The van der Waals surface area contributed by atoms with Gasteiger partial charge in [-0.1, -0.05) is 26.0 Å². The number of hydrogen-bond donors (Lipinski definition) is 1. The molecule has 2 aliphatic heterocycles. The van der Waals surface area contributed by atoms with Crippen molar-refractivity contribution in [3.63, 3.8) is 0 Å². The first-order valence-electron chi connectivity index (χ1n) is 10.1. The van der Waals surface area contributed by atoms with Crippen molar-refractivity contribution in [1.82, 2.24) is 9.80 Å². The molecule has 4 rings (SSSR count). The van der Waals surface area contributed by atoms with Crippen LogP contribution in [0, 0.1) is 0 Å². The zero-order valence-electron chi connectivity index (χ0n) is 17.2. The molecule has 3 heterocycles. The van der Waals surface area contributed by atoms with Gasteiger partial charge in [-0.3, -0.25) is 4.90 Å². The second-order valence-corrected chi connectivity index (χ2v) is 9.07. The van der Waals surface area contributed by atoms with Crippen LogP contribution in [0.25, 0.3) is 0 Å². The second kappa shape index (κ2) is 8.23. The number of anilines is 2. The number of nitrogens with one attached hydrogen (secondary N) is 1. The van der Waals surface area contributed by atoms with Crippen molar-refractivity contribution in [3.8, 4) is 0 Å². The molecule has 28 heavy (non-hydrogen) atoms. The average Bonchev–Trinajstić information content (AvgIpc) is 3.04. The van der Waals surface area contributed by atoms with Crippen molar-refractivity contribution in [2.75, 3.05) is 45.7 Å². The molecule has 2 aliphatic rings. The number of thiophene rings is 1. The number of hydrogen-bond acceptors (Lipinski definition) is 6. The summed E-state index contributed by atoms with van der Waals surface area (Å²) in [5.41, 5.74) is 3.33. The third-order valence-corrected chi connectivity index (χ3v) is 7.02. The molecule has 0 radical (unpaired) electrons. The number of likely N-dealkylation sites (N-methyl/N-ethyl adjacent to an activating group) is 1. The Hall–Kier alpha value is -1.89. The summed E-state index contributed by atoms with van der Waals surface area (Å²) < 4.78 is 5.34. The number of para-hydroxylation sites is 2. The molecule has 1 saturated heterocycles. The van der Waals surface area contributed by atoms with Crippen LogP contribution in [0.1, 0.15) is 36.6 Å². The Morgan fingerprint density at radius 2 is 2.11 bits per heavy atom. The monoisotopic (exact) mass is 398 g/mol. The molecule has 0 aliphatic carbocycles. The van der Waals surface area contributed by atoms with Gasteiger partial charge in [-0.25, -0.2) is 4.99 Å². The van der Waals surface area contributed by atoms with Crippen LogP contribution in [0.3, 0.4) is 0 Å². The summed E-state index contributed by atoms with van der Waals surface area (Å²) in [5, 5.41) is 4.86. The number of amidine groups is 1. The summed E-state index contributed by atoms with van der Waals surface area (Å²) in [5.74, 6) is 1.61. The normalized spacial score (nSPS) is 19.7. The highest BCUT2D eigenvalue weighted by Gasteiger charge is 2.30. The number of rotatable bonds is 4. The quantitative estimate of drug-likeness (QED) is 0.813. The summed E-state index contributed by atoms with van der Waals surface area (Å²) in [6, 6.07) is 11.2. The Bertz CT molecular complexity index is 860. The lowest BCUT2D eigenvalue weighted by Gasteiger charge is -2.40. The molecule has 2 aromatic rings. The average molecular weight is 399 g/mol. The number of ether oxygens (including phenoxy) is 1. The first-order chi connectivity index (χ1) is 13.6. The Labute approximate surface area is 172 Å². The SMILES string of the molecule is COCC[C@H]1CN(C2=Nc3ccccc3Nc3sc(C(C)C)cc32)CCN1C. The highest BCUT2D eigenvalue weighted by molar-refractivity contribution is 7.16. The first-order valence-corrected chi connectivity index (χ1v) is 10.9. The van der Waals surface area contributed by atoms with Gasteiger partial charge in [-0.15, -0.1) is 11.3 Å². The molecule has 0 unspecified atom stereocenters. The van der Waals surface area contributed by atoms with Gasteiger partial charge in [0.2, 0.25) is 0 Å². The van der Waals surface area contributed by atoms with Gasteiger partial charge in [0.1, 0.15) is 10.8 Å². The number of methoxy groups -OCH3 is 1. The summed E-state index contributed by atoms with van der Waals surface area (Å²) in [4.78, 5) is 11.5. The van der Waals surface area contributed by atoms with Gasteiger partial charge in [-0.05, 0) is 37.6 Å². The summed E-state index contributed by atoms with van der Waals surface area (Å²) in [7, 11) is 4.00. The molecule has 0 amide bonds. The summed E-state index contributed by atoms with van der Waals surface area (Å²) in [6.45, 7) is 8.32. The Balaban J connectivity index is 1.72. The van der Waals surface area contributed by atoms with E-state index in [1.807, 2.05) is 11.3 Å². The Morgan fingerprint density at radius 3 is 2.89 bits per heavy atom. The standard InChI is InChI=1S/C22H30N4OS/c1-15(2)20-13-17-21(26-11-10-25(3)16(14-26)9-12-27-4)23-18-7-5-6-8-19(18)24-22(17)28-20/h5-8,13,15-16,24H,9-12,14H2,1-4H3/t16-/m0/s1. The minimum Gasteiger partial charge on any atom is -0.385 e. The number of aliphatic imine (C=N–C) groups is 1. The van der Waals surface area contributed by atoms with Crippen molar-refractivity contribution >= 4 is 33.5 Å². The van der Waals surface area contributed by atoms with Crippen LogP contribution in [-0.2, 0) is 4.74 Å². The zero-order chi connectivity index (χ0) is 19.7. The van der Waals surface area contributed by atoms with Crippen molar-refractivity contribution in [2.24, 2.45) is 4.99 Å². The minimum absolute atomic E-state index is 0.481. The molecule has 1 fully saturated rings. The minimum atomic E-state index is 0.481. The fourth-order valence-corrected chi connectivity index (χ4v) is 4.94. The number of benzene rings is 1. The third-order valence-electron chi connectivity index (χ3n) is 5.67. The summed E-state index contributed by atoms with van der Waals surface area (Å²) in [6.07, 6.45) is 1.04. The molecule has 0 spiro atoms. The van der Waals surface area contributed by atoms with Crippen LogP contribution >= 0.6 is 11.3 Å². The second-order valence-electron chi connectivity index (χ2n) is 7.99. The lowest BCUT2D eigenvalue weighted by molar-refractivity contribution is 0.100. The van der Waals surface area contributed by atoms with E-state index in [0.29, 0.717) is 12.0 Å². The van der Waals surface area contributed by atoms with Crippen LogP contribution in [0.5, 0.6) is 0 Å². The van der Waals surface area contributed by atoms with E-state index in [-0.39, 0.29) is 0 Å². The lowest BCUT2D eigenvalue weighted by Crippen LogP contribution is -2.53. The maximum absolute atomic E-state index is 5.34. The van der Waals surface area contributed by atoms with Gasteiger partial charge < -0.3 is 15.0 Å². The highest BCUT2D eigenvalue weighted by atomic mass is 32.1. The van der Waals surface area contributed by atoms with Crippen LogP contribution in [0.4, 0.5) is 16.4 Å². The Morgan fingerprint density at radius 1 is 1.29 bits per heavy atom. The van der Waals surface area contributed by atoms with Crippen molar-refractivity contribution < 1.29 is 4.74 Å². The number of piperazine rings is 1. The van der Waals surface area contributed by atoms with Crippen LogP contribution in [0.2, 0.25) is 0 Å². The van der Waals surface area contributed by atoms with E-state index < -0.39 is 0 Å². The number of fused-ring (bicyclic) bond motifs is 2. The molecule has 1 aromatic carbocycles. The van der Waals surface area contributed by atoms with E-state index in [0.717, 1.165) is 49.9 Å². The van der Waals surface area contributed by atoms with E-state index in [1.165, 1.54) is 15.4 Å². The van der Waals surface area contributed by atoms with E-state index >= 15 is 0 Å². The van der Waals surface area contributed by atoms with Gasteiger partial charge in [0.05, 0.1) is 16.9 Å². The molecular formula is C22H30N4OS. The summed E-state index contributed by atoms with van der Waals surface area (Å²) >= 11 is 1.85.